The van der Waals surface area contributed by atoms with E-state index in [4.69, 9.17) is 34.1 Å². The number of rotatable bonds is 17. The number of carbonyl (C=O) groups excluding carboxylic acids is 1. The molecule has 268 valence electrons. The summed E-state index contributed by atoms with van der Waals surface area (Å²) in [7, 11) is 3.31. The zero-order valence-electron chi connectivity index (χ0n) is 27.7. The fourth-order valence-electron chi connectivity index (χ4n) is 6.22. The number of aliphatic hydroxyl groups excluding tert-OH is 1. The molecule has 17 nitrogen and oxygen atoms in total. The minimum absolute atomic E-state index is 0.0329. The number of nitrogens with zero attached hydrogens (tertiary/aromatic N) is 6. The van der Waals surface area contributed by atoms with Crippen LogP contribution >= 0.6 is 0 Å². The molecular formula is C32H45N7O10. The molecule has 4 N–H and O–H groups in total. The lowest BCUT2D eigenvalue weighted by atomic mass is 9.81. The Morgan fingerprint density at radius 2 is 1.96 bits per heavy atom. The minimum atomic E-state index is -1.09. The molecule has 3 aromatic rings. The number of aromatic nitrogens is 4. The first-order valence-electron chi connectivity index (χ1n) is 16.3. The van der Waals surface area contributed by atoms with Gasteiger partial charge in [-0.05, 0) is 48.2 Å². The Morgan fingerprint density at radius 1 is 1.12 bits per heavy atom. The lowest BCUT2D eigenvalue weighted by Gasteiger charge is -2.44. The maximum absolute atomic E-state index is 13.5. The topological polar surface area (TPSA) is 197 Å². The van der Waals surface area contributed by atoms with Crippen molar-refractivity contribution in [2.24, 2.45) is 0 Å². The van der Waals surface area contributed by atoms with E-state index in [0.29, 0.717) is 25.4 Å². The van der Waals surface area contributed by atoms with Crippen molar-refractivity contribution in [3.63, 3.8) is 0 Å². The van der Waals surface area contributed by atoms with Gasteiger partial charge in [-0.15, -0.1) is 10.2 Å². The second-order valence-corrected chi connectivity index (χ2v) is 11.8. The molecule has 1 aromatic heterocycles. The lowest BCUT2D eigenvalue weighted by Crippen LogP contribution is -2.53. The number of benzene rings is 2. The predicted molar refractivity (Wildman–Crippen MR) is 171 cm³/mol. The maximum atomic E-state index is 13.5. The summed E-state index contributed by atoms with van der Waals surface area (Å²) in [6.07, 6.45) is -0.451. The normalized spacial score (nSPS) is 19.8. The molecule has 5 rings (SSSR count). The van der Waals surface area contributed by atoms with Crippen LogP contribution in [-0.2, 0) is 25.7 Å². The Hall–Kier alpha value is -4.10. The first-order chi connectivity index (χ1) is 23.9. The average Bonchev–Trinajstić information content (AvgIpc) is 3.66. The van der Waals surface area contributed by atoms with E-state index >= 15 is 0 Å². The number of amides is 1. The number of likely N-dealkylation sites (tertiary alicyclic amines) is 1. The summed E-state index contributed by atoms with van der Waals surface area (Å²) in [4.78, 5) is 22.0. The standard InChI is InChI=1S/C32H45N7O10/c1-44-13-3-11-37-12-16-46-29-10-5-22(17-27(29)37)21-48-30-20-38(32(41)47-14-4-15-49-39(42)43)24(19-28(40)31-33-35-36-34-31)18-26(30)23-6-8-25(45-2)9-7-23/h5-10,17,24,26,28,30,40,42-43H,3-4,11-16,18-21H2,1-2H3,(H,33,34,35,36). The molecule has 2 aliphatic heterocycles. The van der Waals surface area contributed by atoms with Gasteiger partial charge >= 0.3 is 6.09 Å². The van der Waals surface area contributed by atoms with Crippen LogP contribution in [0.5, 0.6) is 11.5 Å². The number of H-pyrrole nitrogens is 1. The summed E-state index contributed by atoms with van der Waals surface area (Å²) in [6, 6.07) is 13.3. The van der Waals surface area contributed by atoms with Crippen LogP contribution in [0.4, 0.5) is 10.5 Å². The highest BCUT2D eigenvalue weighted by atomic mass is 17.1. The summed E-state index contributed by atoms with van der Waals surface area (Å²) < 4.78 is 28.8. The first-order valence-corrected chi connectivity index (χ1v) is 16.3. The van der Waals surface area contributed by atoms with E-state index in [9.17, 15) is 9.90 Å². The van der Waals surface area contributed by atoms with Crippen LogP contribution in [0.15, 0.2) is 42.5 Å². The highest BCUT2D eigenvalue weighted by Gasteiger charge is 2.41. The maximum Gasteiger partial charge on any atom is 0.410 e. The molecule has 0 spiro atoms. The predicted octanol–water partition coefficient (Wildman–Crippen LogP) is 2.85. The third-order valence-electron chi connectivity index (χ3n) is 8.67. The second-order valence-electron chi connectivity index (χ2n) is 11.8. The third kappa shape index (κ3) is 9.98. The largest absolute Gasteiger partial charge is 0.497 e. The van der Waals surface area contributed by atoms with E-state index in [1.54, 1.807) is 19.1 Å². The lowest BCUT2D eigenvalue weighted by molar-refractivity contribution is -0.492. The van der Waals surface area contributed by atoms with E-state index in [2.05, 4.69) is 36.4 Å². The van der Waals surface area contributed by atoms with E-state index in [1.807, 2.05) is 36.4 Å². The molecule has 17 heteroatoms. The van der Waals surface area contributed by atoms with Crippen molar-refractivity contribution in [2.75, 3.05) is 65.2 Å². The zero-order valence-corrected chi connectivity index (χ0v) is 27.7. The Bertz CT molecular complexity index is 1430. The Labute approximate surface area is 284 Å². The molecule has 2 aromatic carbocycles. The number of ether oxygens (including phenoxy) is 5. The summed E-state index contributed by atoms with van der Waals surface area (Å²) in [5, 5.41) is 41.9. The monoisotopic (exact) mass is 687 g/mol. The number of tetrazole rings is 1. The SMILES string of the molecule is COCCCN1CCOc2ccc(COC3CN(C(=O)OCCCON(O)O)C(CC(O)c4nn[nH]n4)CC3c3ccc(OC)cc3)cc21. The molecule has 0 bridgehead atoms. The first kappa shape index (κ1) is 36.2. The molecule has 49 heavy (non-hydrogen) atoms. The van der Waals surface area contributed by atoms with Crippen LogP contribution in [0.25, 0.3) is 0 Å². The van der Waals surface area contributed by atoms with Crippen molar-refractivity contribution in [1.29, 1.82) is 0 Å². The molecule has 1 saturated heterocycles. The molecule has 4 atom stereocenters. The summed E-state index contributed by atoms with van der Waals surface area (Å²) in [5.41, 5.74) is 2.96. The Kier molecular flexibility index (Phi) is 13.3. The molecule has 3 heterocycles. The number of methoxy groups -OCH3 is 2. The van der Waals surface area contributed by atoms with Gasteiger partial charge < -0.3 is 38.6 Å². The van der Waals surface area contributed by atoms with Gasteiger partial charge in [0.15, 0.2) is 0 Å². The van der Waals surface area contributed by atoms with Crippen LogP contribution in [0.1, 0.15) is 54.7 Å². The van der Waals surface area contributed by atoms with Crippen molar-refractivity contribution >= 4 is 11.8 Å². The number of hydrogen-bond acceptors (Lipinski definition) is 15. The number of aromatic amines is 1. The van der Waals surface area contributed by atoms with Crippen molar-refractivity contribution < 1.29 is 48.8 Å². The molecule has 0 aliphatic carbocycles. The third-order valence-corrected chi connectivity index (χ3v) is 8.67. The smallest absolute Gasteiger partial charge is 0.410 e. The number of aliphatic hydroxyl groups is 1. The molecule has 1 amide bonds. The highest BCUT2D eigenvalue weighted by Crippen LogP contribution is 2.39. The Morgan fingerprint density at radius 3 is 2.69 bits per heavy atom. The van der Waals surface area contributed by atoms with E-state index in [-0.39, 0.29) is 50.9 Å². The number of fused-ring (bicyclic) bond motifs is 1. The molecule has 1 fully saturated rings. The van der Waals surface area contributed by atoms with Crippen LogP contribution < -0.4 is 14.4 Å². The van der Waals surface area contributed by atoms with Crippen LogP contribution in [0.2, 0.25) is 0 Å². The molecule has 0 saturated carbocycles. The Balaban J connectivity index is 1.36. The highest BCUT2D eigenvalue weighted by molar-refractivity contribution is 5.68. The van der Waals surface area contributed by atoms with Gasteiger partial charge in [-0.2, -0.15) is 5.21 Å². The van der Waals surface area contributed by atoms with Crippen molar-refractivity contribution in [2.45, 2.75) is 56.5 Å². The summed E-state index contributed by atoms with van der Waals surface area (Å²) >= 11 is 0. The fraction of sp³-hybridized carbons (Fsp3) is 0.562. The number of hydrogen-bond donors (Lipinski definition) is 4. The van der Waals surface area contributed by atoms with Crippen molar-refractivity contribution in [1.82, 2.24) is 30.9 Å². The van der Waals surface area contributed by atoms with Gasteiger partial charge in [0.25, 0.3) is 0 Å². The average molecular weight is 688 g/mol. The van der Waals surface area contributed by atoms with Crippen LogP contribution in [-0.4, -0.2) is 125 Å². The number of anilines is 1. The summed E-state index contributed by atoms with van der Waals surface area (Å²) in [5.74, 6) is 1.51. The van der Waals surface area contributed by atoms with E-state index in [1.165, 1.54) is 0 Å². The number of piperidine rings is 1. The summed E-state index contributed by atoms with van der Waals surface area (Å²) in [6.45, 7) is 3.25. The van der Waals surface area contributed by atoms with Gasteiger partial charge in [0.2, 0.25) is 5.82 Å². The zero-order chi connectivity index (χ0) is 34.6. The van der Waals surface area contributed by atoms with Gasteiger partial charge in [0.05, 0.1) is 57.2 Å². The molecule has 0 radical (unpaired) electrons. The van der Waals surface area contributed by atoms with Gasteiger partial charge in [0.1, 0.15) is 24.2 Å². The molecule has 2 aliphatic rings. The number of nitrogens with one attached hydrogen (secondary N) is 1. The molecule has 4 unspecified atom stereocenters. The molecular weight excluding hydrogens is 642 g/mol. The number of carbonyl (C=O) groups is 1. The van der Waals surface area contributed by atoms with Gasteiger partial charge in [-0.3, -0.25) is 15.3 Å². The second kappa shape index (κ2) is 18.1. The van der Waals surface area contributed by atoms with Gasteiger partial charge in [-0.25, -0.2) is 4.79 Å². The van der Waals surface area contributed by atoms with Gasteiger partial charge in [-0.1, -0.05) is 23.4 Å². The van der Waals surface area contributed by atoms with E-state index < -0.39 is 29.7 Å². The van der Waals surface area contributed by atoms with Crippen molar-refractivity contribution in [3.8, 4) is 11.5 Å². The van der Waals surface area contributed by atoms with Gasteiger partial charge in [0, 0.05) is 45.1 Å². The van der Waals surface area contributed by atoms with Crippen LogP contribution in [0, 0.1) is 0 Å². The quantitative estimate of drug-likeness (QED) is 0.119. The van der Waals surface area contributed by atoms with Crippen LogP contribution in [0.3, 0.4) is 0 Å². The van der Waals surface area contributed by atoms with E-state index in [0.717, 1.165) is 42.1 Å². The minimum Gasteiger partial charge on any atom is -0.497 e. The van der Waals surface area contributed by atoms with Crippen molar-refractivity contribution in [3.05, 3.63) is 59.4 Å². The fourth-order valence-corrected chi connectivity index (χ4v) is 6.22.